The van der Waals surface area contributed by atoms with Crippen molar-refractivity contribution in [2.24, 2.45) is 5.92 Å². The van der Waals surface area contributed by atoms with E-state index in [4.69, 9.17) is 0 Å². The van der Waals surface area contributed by atoms with Crippen molar-refractivity contribution in [1.29, 1.82) is 0 Å². The summed E-state index contributed by atoms with van der Waals surface area (Å²) in [6.45, 7) is -0.383. The van der Waals surface area contributed by atoms with Crippen molar-refractivity contribution >= 4 is 17.4 Å². The number of hydrogen-bond acceptors (Lipinski definition) is 5. The maximum absolute atomic E-state index is 12.4. The zero-order chi connectivity index (χ0) is 17.0. The maximum Gasteiger partial charge on any atom is 0.401 e. The Labute approximate surface area is 132 Å². The average molecular weight is 331 g/mol. The van der Waals surface area contributed by atoms with Crippen LogP contribution in [0.3, 0.4) is 0 Å². The van der Waals surface area contributed by atoms with Gasteiger partial charge < -0.3 is 10.2 Å². The molecular weight excluding hydrogens is 311 g/mol. The fourth-order valence-corrected chi connectivity index (χ4v) is 2.61. The molecule has 23 heavy (non-hydrogen) atoms. The topological polar surface area (TPSA) is 61.4 Å². The molecular formula is C14H20F3N5O. The Balaban J connectivity index is 1.91. The summed E-state index contributed by atoms with van der Waals surface area (Å²) in [6.07, 6.45) is -0.476. The fraction of sp³-hybridized carbons (Fsp3) is 0.643. The van der Waals surface area contributed by atoms with Gasteiger partial charge in [0.15, 0.2) is 5.82 Å². The standard InChI is InChI=1S/C14H20F3N5O/c1-21(2)12-11(7-18-9-19-12)20-13(23)10-3-5-22(6-4-10)8-14(15,16)17/h7,9-10H,3-6,8H2,1-2H3,(H,20,23). The van der Waals surface area contributed by atoms with Crippen molar-refractivity contribution < 1.29 is 18.0 Å². The lowest BCUT2D eigenvalue weighted by Gasteiger charge is -2.31. The minimum absolute atomic E-state index is 0.199. The number of nitrogens with one attached hydrogen (secondary N) is 1. The first-order chi connectivity index (χ1) is 10.8. The molecule has 1 aromatic rings. The van der Waals surface area contributed by atoms with E-state index in [1.807, 2.05) is 0 Å². The SMILES string of the molecule is CN(C)c1ncncc1NC(=O)C1CCN(CC(F)(F)F)CC1. The highest BCUT2D eigenvalue weighted by Gasteiger charge is 2.34. The second-order valence-electron chi connectivity index (χ2n) is 5.81. The second-order valence-corrected chi connectivity index (χ2v) is 5.81. The quantitative estimate of drug-likeness (QED) is 0.911. The number of carbonyl (C=O) groups excluding carboxylic acids is 1. The largest absolute Gasteiger partial charge is 0.401 e. The highest BCUT2D eigenvalue weighted by Crippen LogP contribution is 2.25. The van der Waals surface area contributed by atoms with Gasteiger partial charge >= 0.3 is 6.18 Å². The van der Waals surface area contributed by atoms with Crippen molar-refractivity contribution in [2.45, 2.75) is 19.0 Å². The molecule has 1 amide bonds. The molecule has 6 nitrogen and oxygen atoms in total. The van der Waals surface area contributed by atoms with E-state index < -0.39 is 12.7 Å². The molecule has 0 saturated carbocycles. The van der Waals surface area contributed by atoms with Crippen LogP contribution < -0.4 is 10.2 Å². The molecule has 1 N–H and O–H groups in total. The van der Waals surface area contributed by atoms with E-state index in [-0.39, 0.29) is 24.9 Å². The predicted molar refractivity (Wildman–Crippen MR) is 80.2 cm³/mol. The normalized spacial score (nSPS) is 17.1. The highest BCUT2D eigenvalue weighted by atomic mass is 19.4. The van der Waals surface area contributed by atoms with E-state index in [2.05, 4.69) is 15.3 Å². The van der Waals surface area contributed by atoms with Gasteiger partial charge in [-0.05, 0) is 25.9 Å². The van der Waals surface area contributed by atoms with Crippen LogP contribution in [0.15, 0.2) is 12.5 Å². The van der Waals surface area contributed by atoms with Crippen LogP contribution in [-0.4, -0.2) is 60.7 Å². The summed E-state index contributed by atoms with van der Waals surface area (Å²) in [5.74, 6) is 0.0899. The summed E-state index contributed by atoms with van der Waals surface area (Å²) in [5.41, 5.74) is 0.500. The first kappa shape index (κ1) is 17.5. The third kappa shape index (κ3) is 5.05. The summed E-state index contributed by atoms with van der Waals surface area (Å²) in [4.78, 5) is 23.4. The lowest BCUT2D eigenvalue weighted by molar-refractivity contribution is -0.149. The number of halogens is 3. The molecule has 1 aromatic heterocycles. The monoisotopic (exact) mass is 331 g/mol. The summed E-state index contributed by atoms with van der Waals surface area (Å²) < 4.78 is 37.1. The van der Waals surface area contributed by atoms with Gasteiger partial charge in [-0.2, -0.15) is 13.2 Å². The van der Waals surface area contributed by atoms with Gasteiger partial charge in [-0.3, -0.25) is 9.69 Å². The number of amides is 1. The van der Waals surface area contributed by atoms with Gasteiger partial charge in [-0.1, -0.05) is 0 Å². The zero-order valence-corrected chi connectivity index (χ0v) is 13.1. The van der Waals surface area contributed by atoms with Crippen molar-refractivity contribution in [2.75, 3.05) is 43.9 Å². The molecule has 0 aliphatic carbocycles. The van der Waals surface area contributed by atoms with Crippen LogP contribution in [-0.2, 0) is 4.79 Å². The molecule has 0 unspecified atom stereocenters. The number of likely N-dealkylation sites (tertiary alicyclic amines) is 1. The van der Waals surface area contributed by atoms with Gasteiger partial charge in [0, 0.05) is 20.0 Å². The number of hydrogen-bond donors (Lipinski definition) is 1. The predicted octanol–water partition coefficient (Wildman–Crippen LogP) is 1.76. The van der Waals surface area contributed by atoms with Gasteiger partial charge in [0.25, 0.3) is 0 Å². The summed E-state index contributed by atoms with van der Waals surface area (Å²) >= 11 is 0. The molecule has 9 heteroatoms. The first-order valence-corrected chi connectivity index (χ1v) is 7.33. The number of alkyl halides is 3. The van der Waals surface area contributed by atoms with Gasteiger partial charge in [0.1, 0.15) is 12.0 Å². The van der Waals surface area contributed by atoms with E-state index >= 15 is 0 Å². The lowest BCUT2D eigenvalue weighted by atomic mass is 9.96. The minimum atomic E-state index is -4.20. The van der Waals surface area contributed by atoms with Crippen LogP contribution in [0, 0.1) is 5.92 Å². The van der Waals surface area contributed by atoms with Crippen molar-refractivity contribution in [3.05, 3.63) is 12.5 Å². The Kier molecular flexibility index (Phi) is 5.40. The van der Waals surface area contributed by atoms with E-state index in [9.17, 15) is 18.0 Å². The molecule has 1 fully saturated rings. The van der Waals surface area contributed by atoms with E-state index in [1.165, 1.54) is 17.4 Å². The van der Waals surface area contributed by atoms with Gasteiger partial charge in [0.2, 0.25) is 5.91 Å². The van der Waals surface area contributed by atoms with Crippen molar-refractivity contribution in [3.8, 4) is 0 Å². The number of nitrogens with zero attached hydrogens (tertiary/aromatic N) is 4. The van der Waals surface area contributed by atoms with Gasteiger partial charge in [0.05, 0.1) is 12.7 Å². The Hall–Kier alpha value is -1.90. The minimum Gasteiger partial charge on any atom is -0.361 e. The van der Waals surface area contributed by atoms with Crippen LogP contribution in [0.25, 0.3) is 0 Å². The molecule has 0 spiro atoms. The number of rotatable bonds is 4. The zero-order valence-electron chi connectivity index (χ0n) is 13.1. The number of aromatic nitrogens is 2. The van der Waals surface area contributed by atoms with Crippen LogP contribution in [0.2, 0.25) is 0 Å². The Morgan fingerprint density at radius 2 is 2.04 bits per heavy atom. The summed E-state index contributed by atoms with van der Waals surface area (Å²) in [6, 6.07) is 0. The molecule has 0 radical (unpaired) electrons. The van der Waals surface area contributed by atoms with Gasteiger partial charge in [-0.25, -0.2) is 9.97 Å². The van der Waals surface area contributed by atoms with Crippen LogP contribution in [0.1, 0.15) is 12.8 Å². The summed E-state index contributed by atoms with van der Waals surface area (Å²) in [7, 11) is 3.60. The molecule has 128 valence electrons. The smallest absolute Gasteiger partial charge is 0.361 e. The molecule has 2 rings (SSSR count). The van der Waals surface area contributed by atoms with Gasteiger partial charge in [-0.15, -0.1) is 0 Å². The number of anilines is 2. The Morgan fingerprint density at radius 3 is 2.61 bits per heavy atom. The Bertz CT molecular complexity index is 541. The van der Waals surface area contributed by atoms with E-state index in [0.29, 0.717) is 24.3 Å². The molecule has 1 aliphatic heterocycles. The third-order valence-electron chi connectivity index (χ3n) is 3.73. The van der Waals surface area contributed by atoms with E-state index in [0.717, 1.165) is 0 Å². The molecule has 1 aliphatic rings. The molecule has 0 aromatic carbocycles. The molecule has 1 saturated heterocycles. The molecule has 0 bridgehead atoms. The highest BCUT2D eigenvalue weighted by molar-refractivity contribution is 5.95. The maximum atomic E-state index is 12.4. The molecule has 2 heterocycles. The number of carbonyl (C=O) groups is 1. The lowest BCUT2D eigenvalue weighted by Crippen LogP contribution is -2.42. The van der Waals surface area contributed by atoms with Crippen LogP contribution in [0.4, 0.5) is 24.7 Å². The molecule has 0 atom stereocenters. The van der Waals surface area contributed by atoms with E-state index in [1.54, 1.807) is 19.0 Å². The summed E-state index contributed by atoms with van der Waals surface area (Å²) in [5, 5.41) is 2.78. The van der Waals surface area contributed by atoms with Crippen LogP contribution >= 0.6 is 0 Å². The average Bonchev–Trinajstić information content (AvgIpc) is 2.46. The van der Waals surface area contributed by atoms with Crippen molar-refractivity contribution in [3.63, 3.8) is 0 Å². The fourth-order valence-electron chi connectivity index (χ4n) is 2.61. The first-order valence-electron chi connectivity index (χ1n) is 7.33. The van der Waals surface area contributed by atoms with Crippen LogP contribution in [0.5, 0.6) is 0 Å². The number of piperidine rings is 1. The van der Waals surface area contributed by atoms with Crippen molar-refractivity contribution in [1.82, 2.24) is 14.9 Å². The second kappa shape index (κ2) is 7.12. The Morgan fingerprint density at radius 1 is 1.39 bits per heavy atom. The third-order valence-corrected chi connectivity index (χ3v) is 3.73.